The Morgan fingerprint density at radius 1 is 1.12 bits per heavy atom. The molecule has 4 aromatic rings. The van der Waals surface area contributed by atoms with Crippen molar-refractivity contribution in [3.63, 3.8) is 0 Å². The smallest absolute Gasteiger partial charge is 0.144 e. The molecule has 7 heteroatoms. The van der Waals surface area contributed by atoms with Gasteiger partial charge in [-0.2, -0.15) is 0 Å². The van der Waals surface area contributed by atoms with Crippen molar-refractivity contribution in [1.29, 1.82) is 0 Å². The Bertz CT molecular complexity index is 1050. The topological polar surface area (TPSA) is 64.3 Å². The van der Waals surface area contributed by atoms with Gasteiger partial charge in [0.1, 0.15) is 29.2 Å². The van der Waals surface area contributed by atoms with Gasteiger partial charge in [-0.1, -0.05) is 6.07 Å². The molecule has 4 rings (SSSR count). The SMILES string of the molecule is COc1cccc(Nc2c(-c3cnccc3Br)nc3ccncn23)c1. The maximum Gasteiger partial charge on any atom is 0.144 e. The quantitative estimate of drug-likeness (QED) is 0.557. The fraction of sp³-hybridized carbons (Fsp3) is 0.0556. The second-order valence-electron chi connectivity index (χ2n) is 5.33. The van der Waals surface area contributed by atoms with Crippen molar-refractivity contribution in [3.05, 3.63) is 65.8 Å². The van der Waals surface area contributed by atoms with Gasteiger partial charge in [0.25, 0.3) is 0 Å². The first-order valence-electron chi connectivity index (χ1n) is 7.59. The van der Waals surface area contributed by atoms with E-state index in [9.17, 15) is 0 Å². The molecule has 0 aliphatic rings. The second kappa shape index (κ2) is 6.52. The average Bonchev–Trinajstić information content (AvgIpc) is 3.01. The molecule has 0 spiro atoms. The van der Waals surface area contributed by atoms with Crippen LogP contribution in [0.2, 0.25) is 0 Å². The number of aromatic nitrogens is 4. The van der Waals surface area contributed by atoms with E-state index in [2.05, 4.69) is 31.2 Å². The van der Waals surface area contributed by atoms with Gasteiger partial charge in [-0.3, -0.25) is 9.38 Å². The maximum absolute atomic E-state index is 5.30. The first-order valence-corrected chi connectivity index (χ1v) is 8.38. The summed E-state index contributed by atoms with van der Waals surface area (Å²) in [4.78, 5) is 13.2. The first-order chi connectivity index (χ1) is 12.3. The second-order valence-corrected chi connectivity index (χ2v) is 6.18. The highest BCUT2D eigenvalue weighted by atomic mass is 79.9. The molecule has 0 unspecified atom stereocenters. The Morgan fingerprint density at radius 2 is 2.00 bits per heavy atom. The van der Waals surface area contributed by atoms with Gasteiger partial charge < -0.3 is 10.1 Å². The van der Waals surface area contributed by atoms with E-state index < -0.39 is 0 Å². The zero-order chi connectivity index (χ0) is 17.2. The molecular weight excluding hydrogens is 382 g/mol. The van der Waals surface area contributed by atoms with Crippen LogP contribution in [-0.2, 0) is 0 Å². The van der Waals surface area contributed by atoms with Gasteiger partial charge in [-0.05, 0) is 40.2 Å². The van der Waals surface area contributed by atoms with Crippen molar-refractivity contribution in [1.82, 2.24) is 19.4 Å². The molecule has 1 N–H and O–H groups in total. The molecule has 6 nitrogen and oxygen atoms in total. The predicted octanol–water partition coefficient (Wildman–Crippen LogP) is 4.31. The molecular formula is C18H14BrN5O. The van der Waals surface area contributed by atoms with Gasteiger partial charge in [-0.25, -0.2) is 9.97 Å². The van der Waals surface area contributed by atoms with E-state index in [-0.39, 0.29) is 0 Å². The molecule has 0 bridgehead atoms. The van der Waals surface area contributed by atoms with E-state index in [0.717, 1.165) is 38.6 Å². The lowest BCUT2D eigenvalue weighted by atomic mass is 10.2. The zero-order valence-corrected chi connectivity index (χ0v) is 14.9. The van der Waals surface area contributed by atoms with E-state index in [1.54, 1.807) is 32.0 Å². The van der Waals surface area contributed by atoms with Gasteiger partial charge >= 0.3 is 0 Å². The van der Waals surface area contributed by atoms with E-state index in [4.69, 9.17) is 9.72 Å². The minimum atomic E-state index is 0.779. The summed E-state index contributed by atoms with van der Waals surface area (Å²) in [6.45, 7) is 0. The summed E-state index contributed by atoms with van der Waals surface area (Å²) in [6, 6.07) is 11.5. The molecule has 124 valence electrons. The summed E-state index contributed by atoms with van der Waals surface area (Å²) < 4.78 is 8.14. The zero-order valence-electron chi connectivity index (χ0n) is 13.3. The van der Waals surface area contributed by atoms with E-state index in [1.807, 2.05) is 40.8 Å². The number of hydrogen-bond donors (Lipinski definition) is 1. The summed E-state index contributed by atoms with van der Waals surface area (Å²) in [5, 5.41) is 3.43. The van der Waals surface area contributed by atoms with Gasteiger partial charge in [0, 0.05) is 40.4 Å². The Hall–Kier alpha value is -2.93. The molecule has 0 amide bonds. The van der Waals surface area contributed by atoms with Gasteiger partial charge in [0.2, 0.25) is 0 Å². The maximum atomic E-state index is 5.30. The number of rotatable bonds is 4. The number of hydrogen-bond acceptors (Lipinski definition) is 5. The van der Waals surface area contributed by atoms with Crippen LogP contribution in [-0.4, -0.2) is 26.5 Å². The fourth-order valence-electron chi connectivity index (χ4n) is 2.60. The first kappa shape index (κ1) is 15.6. The number of pyridine rings is 1. The number of imidazole rings is 1. The normalized spacial score (nSPS) is 10.8. The number of nitrogens with one attached hydrogen (secondary N) is 1. The summed E-state index contributed by atoms with van der Waals surface area (Å²) >= 11 is 3.58. The molecule has 1 aromatic carbocycles. The third-order valence-corrected chi connectivity index (χ3v) is 4.48. The Kier molecular flexibility index (Phi) is 4.07. The summed E-state index contributed by atoms with van der Waals surface area (Å²) in [6.07, 6.45) is 6.98. The average molecular weight is 396 g/mol. The fourth-order valence-corrected chi connectivity index (χ4v) is 3.00. The Morgan fingerprint density at radius 3 is 2.84 bits per heavy atom. The molecule has 0 saturated carbocycles. The Balaban J connectivity index is 1.89. The number of methoxy groups -OCH3 is 1. The van der Waals surface area contributed by atoms with Crippen molar-refractivity contribution in [2.45, 2.75) is 0 Å². The standard InChI is InChI=1S/C18H14BrN5O/c1-25-13-4-2-3-12(9-13)22-18-17(14-10-20-7-5-15(14)19)23-16-6-8-21-11-24(16)18/h2-11,22H,1H3. The van der Waals surface area contributed by atoms with Crippen LogP contribution in [0.5, 0.6) is 5.75 Å². The van der Waals surface area contributed by atoms with Crippen molar-refractivity contribution in [3.8, 4) is 17.0 Å². The minimum absolute atomic E-state index is 0.779. The van der Waals surface area contributed by atoms with Crippen LogP contribution in [0.15, 0.2) is 65.8 Å². The molecule has 3 aromatic heterocycles. The molecule has 0 atom stereocenters. The number of ether oxygens (including phenoxy) is 1. The number of anilines is 2. The molecule has 25 heavy (non-hydrogen) atoms. The minimum Gasteiger partial charge on any atom is -0.497 e. The molecule has 0 fully saturated rings. The predicted molar refractivity (Wildman–Crippen MR) is 100 cm³/mol. The van der Waals surface area contributed by atoms with Crippen LogP contribution in [0, 0.1) is 0 Å². The van der Waals surface area contributed by atoms with Crippen LogP contribution < -0.4 is 10.1 Å². The van der Waals surface area contributed by atoms with E-state index in [0.29, 0.717) is 0 Å². The third-order valence-electron chi connectivity index (χ3n) is 3.79. The van der Waals surface area contributed by atoms with Gasteiger partial charge in [0.05, 0.1) is 7.11 Å². The largest absolute Gasteiger partial charge is 0.497 e. The summed E-state index contributed by atoms with van der Waals surface area (Å²) in [5.41, 5.74) is 3.38. The van der Waals surface area contributed by atoms with Gasteiger partial charge in [0.15, 0.2) is 0 Å². The lowest BCUT2D eigenvalue weighted by molar-refractivity contribution is 0.415. The van der Waals surface area contributed by atoms with Crippen LogP contribution in [0.25, 0.3) is 16.9 Å². The number of halogens is 1. The summed E-state index contributed by atoms with van der Waals surface area (Å²) in [7, 11) is 1.65. The molecule has 0 saturated heterocycles. The van der Waals surface area contributed by atoms with Crippen LogP contribution in [0.1, 0.15) is 0 Å². The van der Waals surface area contributed by atoms with Crippen LogP contribution in [0.3, 0.4) is 0 Å². The van der Waals surface area contributed by atoms with Crippen molar-refractivity contribution < 1.29 is 4.74 Å². The monoisotopic (exact) mass is 395 g/mol. The molecule has 3 heterocycles. The van der Waals surface area contributed by atoms with Crippen molar-refractivity contribution in [2.24, 2.45) is 0 Å². The summed E-state index contributed by atoms with van der Waals surface area (Å²) in [5.74, 6) is 1.59. The number of nitrogens with zero attached hydrogens (tertiary/aromatic N) is 4. The van der Waals surface area contributed by atoms with E-state index in [1.165, 1.54) is 0 Å². The lowest BCUT2D eigenvalue weighted by Crippen LogP contribution is -1.98. The molecule has 0 radical (unpaired) electrons. The van der Waals surface area contributed by atoms with Crippen LogP contribution >= 0.6 is 15.9 Å². The molecule has 0 aliphatic carbocycles. The third kappa shape index (κ3) is 2.94. The molecule has 0 aliphatic heterocycles. The highest BCUT2D eigenvalue weighted by Crippen LogP contribution is 2.34. The highest BCUT2D eigenvalue weighted by Gasteiger charge is 2.17. The van der Waals surface area contributed by atoms with Gasteiger partial charge in [-0.15, -0.1) is 0 Å². The van der Waals surface area contributed by atoms with E-state index >= 15 is 0 Å². The van der Waals surface area contributed by atoms with Crippen molar-refractivity contribution in [2.75, 3.05) is 12.4 Å². The number of benzene rings is 1. The lowest BCUT2D eigenvalue weighted by Gasteiger charge is -2.10. The highest BCUT2D eigenvalue weighted by molar-refractivity contribution is 9.10. The number of fused-ring (bicyclic) bond motifs is 1. The van der Waals surface area contributed by atoms with Crippen LogP contribution in [0.4, 0.5) is 11.5 Å². The van der Waals surface area contributed by atoms with Crippen molar-refractivity contribution >= 4 is 33.1 Å². The Labute approximate surface area is 152 Å².